The minimum atomic E-state index is 0.593. The van der Waals surface area contributed by atoms with Gasteiger partial charge in [-0.05, 0) is 25.2 Å². The smallest absolute Gasteiger partial charge is 0.0226 e. The lowest BCUT2D eigenvalue weighted by Crippen LogP contribution is -2.24. The highest BCUT2D eigenvalue weighted by Crippen LogP contribution is 2.45. The van der Waals surface area contributed by atoms with Crippen LogP contribution in [0.15, 0.2) is 12.4 Å². The van der Waals surface area contributed by atoms with Crippen LogP contribution in [0.4, 0.5) is 0 Å². The van der Waals surface area contributed by atoms with E-state index in [-0.39, 0.29) is 0 Å². The Balaban J connectivity index is 2.31. The lowest BCUT2D eigenvalue weighted by atomic mass is 10.1. The van der Waals surface area contributed by atoms with Crippen LogP contribution in [0.1, 0.15) is 26.7 Å². The van der Waals surface area contributed by atoms with Crippen LogP contribution in [0.5, 0.6) is 0 Å². The van der Waals surface area contributed by atoms with Gasteiger partial charge < -0.3 is 10.6 Å². The van der Waals surface area contributed by atoms with E-state index < -0.39 is 0 Å². The topological polar surface area (TPSA) is 29.3 Å². The summed E-state index contributed by atoms with van der Waals surface area (Å²) in [7, 11) is 0. The fourth-order valence-electron chi connectivity index (χ4n) is 1.25. The summed E-state index contributed by atoms with van der Waals surface area (Å²) in [6, 6.07) is 0. The van der Waals surface area contributed by atoms with Gasteiger partial charge >= 0.3 is 0 Å². The maximum absolute atomic E-state index is 5.32. The molecule has 0 spiro atoms. The molecule has 0 atom stereocenters. The van der Waals surface area contributed by atoms with E-state index >= 15 is 0 Å². The molecule has 0 aromatic heterocycles. The average molecular weight is 154 g/mol. The summed E-state index contributed by atoms with van der Waals surface area (Å²) in [4.78, 5) is 2.27. The van der Waals surface area contributed by atoms with E-state index in [1.54, 1.807) is 6.20 Å². The third kappa shape index (κ3) is 2.45. The molecule has 0 bridgehead atoms. The van der Waals surface area contributed by atoms with Crippen molar-refractivity contribution in [2.75, 3.05) is 13.1 Å². The van der Waals surface area contributed by atoms with Crippen LogP contribution in [0.2, 0.25) is 0 Å². The van der Waals surface area contributed by atoms with Gasteiger partial charge in [0.2, 0.25) is 0 Å². The molecule has 0 radical (unpaired) electrons. The summed E-state index contributed by atoms with van der Waals surface area (Å²) in [5.41, 5.74) is 5.91. The van der Waals surface area contributed by atoms with Gasteiger partial charge in [0.15, 0.2) is 0 Å². The van der Waals surface area contributed by atoms with E-state index in [1.807, 2.05) is 6.20 Å². The number of hydrogen-bond donors (Lipinski definition) is 1. The summed E-state index contributed by atoms with van der Waals surface area (Å²) in [5, 5.41) is 0. The zero-order chi connectivity index (χ0) is 8.32. The molecule has 11 heavy (non-hydrogen) atoms. The van der Waals surface area contributed by atoms with E-state index in [2.05, 4.69) is 18.7 Å². The van der Waals surface area contributed by atoms with E-state index in [0.717, 1.165) is 13.1 Å². The van der Waals surface area contributed by atoms with Gasteiger partial charge in [0.1, 0.15) is 0 Å². The predicted octanol–water partition coefficient (Wildman–Crippen LogP) is 1.54. The first-order valence-electron chi connectivity index (χ1n) is 4.33. The van der Waals surface area contributed by atoms with Gasteiger partial charge in [-0.15, -0.1) is 0 Å². The van der Waals surface area contributed by atoms with Gasteiger partial charge in [-0.2, -0.15) is 0 Å². The first-order chi connectivity index (χ1) is 5.20. The molecule has 0 unspecified atom stereocenters. The van der Waals surface area contributed by atoms with Crippen LogP contribution < -0.4 is 5.73 Å². The molecule has 2 nitrogen and oxygen atoms in total. The second-order valence-corrected chi connectivity index (χ2v) is 3.72. The van der Waals surface area contributed by atoms with Crippen molar-refractivity contribution >= 4 is 0 Å². The Hall–Kier alpha value is -0.660. The van der Waals surface area contributed by atoms with Crippen molar-refractivity contribution in [2.24, 2.45) is 11.1 Å². The van der Waals surface area contributed by atoms with Gasteiger partial charge in [-0.25, -0.2) is 0 Å². The Labute approximate surface area is 69.1 Å². The molecule has 1 aliphatic rings. The zero-order valence-electron chi connectivity index (χ0n) is 7.51. The third-order valence-corrected chi connectivity index (χ3v) is 2.39. The van der Waals surface area contributed by atoms with Crippen molar-refractivity contribution in [3.63, 3.8) is 0 Å². The summed E-state index contributed by atoms with van der Waals surface area (Å²) in [6.45, 7) is 6.71. The highest BCUT2D eigenvalue weighted by Gasteiger charge is 2.37. The van der Waals surface area contributed by atoms with Gasteiger partial charge in [-0.3, -0.25) is 0 Å². The predicted molar refractivity (Wildman–Crippen MR) is 47.9 cm³/mol. The van der Waals surface area contributed by atoms with Gasteiger partial charge in [0, 0.05) is 25.5 Å². The summed E-state index contributed by atoms with van der Waals surface area (Å²) in [6.07, 6.45) is 6.35. The molecule has 2 N–H and O–H groups in total. The fraction of sp³-hybridized carbons (Fsp3) is 0.778. The molecule has 1 saturated carbocycles. The highest BCUT2D eigenvalue weighted by atomic mass is 15.1. The molecule has 1 aliphatic carbocycles. The maximum atomic E-state index is 5.32. The Bertz CT molecular complexity index is 148. The number of rotatable bonds is 4. The van der Waals surface area contributed by atoms with Crippen LogP contribution >= 0.6 is 0 Å². The molecule has 0 heterocycles. The van der Waals surface area contributed by atoms with E-state index in [1.165, 1.54) is 12.8 Å². The zero-order valence-corrected chi connectivity index (χ0v) is 7.51. The number of hydrogen-bond acceptors (Lipinski definition) is 2. The molecule has 0 aliphatic heterocycles. The monoisotopic (exact) mass is 154 g/mol. The van der Waals surface area contributed by atoms with Gasteiger partial charge in [0.05, 0.1) is 0 Å². The van der Waals surface area contributed by atoms with Crippen LogP contribution in [-0.2, 0) is 0 Å². The molecule has 0 amide bonds. The third-order valence-electron chi connectivity index (χ3n) is 2.39. The first-order valence-corrected chi connectivity index (χ1v) is 4.33. The lowest BCUT2D eigenvalue weighted by molar-refractivity contribution is 0.319. The molecule has 2 heteroatoms. The standard InChI is InChI=1S/C9H18N2/c1-3-11(7-6-10)8-9(2)4-5-9/h6-7H,3-5,8,10H2,1-2H3/b7-6-. The summed E-state index contributed by atoms with van der Waals surface area (Å²) < 4.78 is 0. The van der Waals surface area contributed by atoms with Gasteiger partial charge in [-0.1, -0.05) is 6.92 Å². The Morgan fingerprint density at radius 2 is 2.18 bits per heavy atom. The minimum Gasteiger partial charge on any atom is -0.403 e. The second kappa shape index (κ2) is 3.16. The average Bonchev–Trinajstić information content (AvgIpc) is 2.68. The van der Waals surface area contributed by atoms with E-state index in [4.69, 9.17) is 5.73 Å². The molecular weight excluding hydrogens is 136 g/mol. The SMILES string of the molecule is CCN(/C=C\N)CC1(C)CC1. The Kier molecular flexibility index (Phi) is 2.42. The van der Waals surface area contributed by atoms with Crippen molar-refractivity contribution in [3.05, 3.63) is 12.4 Å². The normalized spacial score (nSPS) is 20.5. The molecule has 1 fully saturated rings. The van der Waals surface area contributed by atoms with Crippen LogP contribution in [0.25, 0.3) is 0 Å². The van der Waals surface area contributed by atoms with Crippen molar-refractivity contribution in [3.8, 4) is 0 Å². The number of nitrogens with zero attached hydrogens (tertiary/aromatic N) is 1. The highest BCUT2D eigenvalue weighted by molar-refractivity contribution is 4.93. The van der Waals surface area contributed by atoms with E-state index in [9.17, 15) is 0 Å². The second-order valence-electron chi connectivity index (χ2n) is 3.72. The Morgan fingerprint density at radius 3 is 2.55 bits per heavy atom. The largest absolute Gasteiger partial charge is 0.403 e. The van der Waals surface area contributed by atoms with Crippen molar-refractivity contribution in [1.82, 2.24) is 4.90 Å². The molecule has 0 saturated heterocycles. The maximum Gasteiger partial charge on any atom is 0.0226 e. The van der Waals surface area contributed by atoms with Gasteiger partial charge in [0.25, 0.3) is 0 Å². The van der Waals surface area contributed by atoms with Crippen LogP contribution in [-0.4, -0.2) is 18.0 Å². The molecular formula is C9H18N2. The fourth-order valence-corrected chi connectivity index (χ4v) is 1.25. The van der Waals surface area contributed by atoms with Crippen molar-refractivity contribution < 1.29 is 0 Å². The molecule has 0 aromatic rings. The van der Waals surface area contributed by atoms with Crippen molar-refractivity contribution in [2.45, 2.75) is 26.7 Å². The number of nitrogens with two attached hydrogens (primary N) is 1. The Morgan fingerprint density at radius 1 is 1.55 bits per heavy atom. The first kappa shape index (κ1) is 8.44. The lowest BCUT2D eigenvalue weighted by Gasteiger charge is -2.21. The molecule has 1 rings (SSSR count). The van der Waals surface area contributed by atoms with Crippen LogP contribution in [0, 0.1) is 5.41 Å². The quantitative estimate of drug-likeness (QED) is 0.665. The summed E-state index contributed by atoms with van der Waals surface area (Å²) in [5.74, 6) is 0. The molecule has 0 aromatic carbocycles. The minimum absolute atomic E-state index is 0.593. The van der Waals surface area contributed by atoms with Crippen molar-refractivity contribution in [1.29, 1.82) is 0 Å². The van der Waals surface area contributed by atoms with Crippen LogP contribution in [0.3, 0.4) is 0 Å². The molecule has 64 valence electrons. The van der Waals surface area contributed by atoms with E-state index in [0.29, 0.717) is 5.41 Å². The summed E-state index contributed by atoms with van der Waals surface area (Å²) >= 11 is 0.